The Morgan fingerprint density at radius 3 is 3.04 bits per heavy atom. The van der Waals surface area contributed by atoms with Crippen molar-refractivity contribution in [1.29, 1.82) is 0 Å². The zero-order chi connectivity index (χ0) is 16.9. The Balaban J connectivity index is 1.65. The number of carbonyl (C=O) groups excluding carboxylic acids is 1. The molecule has 0 fully saturated rings. The maximum absolute atomic E-state index is 12.5. The van der Waals surface area contributed by atoms with E-state index in [1.54, 1.807) is 25.1 Å². The predicted octanol–water partition coefficient (Wildman–Crippen LogP) is 4.55. The van der Waals surface area contributed by atoms with Gasteiger partial charge in [-0.2, -0.15) is 0 Å². The smallest absolute Gasteiger partial charge is 0.239 e. The lowest BCUT2D eigenvalue weighted by Gasteiger charge is -2.12. The lowest BCUT2D eigenvalue weighted by molar-refractivity contribution is -0.115. The Morgan fingerprint density at radius 1 is 1.46 bits per heavy atom. The third-order valence-electron chi connectivity index (χ3n) is 3.50. The lowest BCUT2D eigenvalue weighted by Crippen LogP contribution is -2.24. The van der Waals surface area contributed by atoms with Gasteiger partial charge >= 0.3 is 0 Å². The van der Waals surface area contributed by atoms with Crippen LogP contribution in [0.3, 0.4) is 0 Å². The first-order valence-corrected chi connectivity index (χ1v) is 9.45. The molecule has 1 aromatic carbocycles. The van der Waals surface area contributed by atoms with E-state index in [-0.39, 0.29) is 11.2 Å². The Morgan fingerprint density at radius 2 is 2.33 bits per heavy atom. The molecule has 0 saturated carbocycles. The van der Waals surface area contributed by atoms with Gasteiger partial charge in [-0.3, -0.25) is 4.79 Å². The van der Waals surface area contributed by atoms with Gasteiger partial charge in [0.15, 0.2) is 5.13 Å². The van der Waals surface area contributed by atoms with Gasteiger partial charge in [0, 0.05) is 0 Å². The second-order valence-electron chi connectivity index (χ2n) is 5.13. The molecular weight excluding hydrogens is 344 g/mol. The van der Waals surface area contributed by atoms with Gasteiger partial charge < -0.3 is 14.5 Å². The Labute approximate surface area is 148 Å². The van der Waals surface area contributed by atoms with E-state index in [2.05, 4.69) is 10.3 Å². The number of thioether (sulfide) groups is 1. The van der Waals surface area contributed by atoms with Gasteiger partial charge in [-0.1, -0.05) is 18.3 Å². The Hall–Kier alpha value is -1.99. The second-order valence-corrected chi connectivity index (χ2v) is 7.35. The minimum absolute atomic E-state index is 0.0277. The van der Waals surface area contributed by atoms with E-state index in [0.29, 0.717) is 10.9 Å². The number of nitrogens with one attached hydrogen (secondary N) is 1. The third-order valence-corrected chi connectivity index (χ3v) is 5.83. The number of nitrogens with zero attached hydrogens (tertiary/aromatic N) is 1. The molecule has 0 aliphatic carbocycles. The zero-order valence-electron chi connectivity index (χ0n) is 13.4. The van der Waals surface area contributed by atoms with Gasteiger partial charge in [0.05, 0.1) is 34.6 Å². The normalized spacial score (nSPS) is 12.2. The van der Waals surface area contributed by atoms with Crippen molar-refractivity contribution in [2.45, 2.75) is 24.3 Å². The van der Waals surface area contributed by atoms with Crippen molar-refractivity contribution in [2.24, 2.45) is 0 Å². The van der Waals surface area contributed by atoms with Crippen molar-refractivity contribution in [2.75, 3.05) is 12.4 Å². The van der Waals surface area contributed by atoms with Crippen LogP contribution in [0.15, 0.2) is 41.0 Å². The van der Waals surface area contributed by atoms with Crippen LogP contribution in [0.4, 0.5) is 5.13 Å². The topological polar surface area (TPSA) is 64.4 Å². The van der Waals surface area contributed by atoms with Crippen molar-refractivity contribution < 1.29 is 13.9 Å². The fourth-order valence-corrected chi connectivity index (χ4v) is 4.10. The van der Waals surface area contributed by atoms with Crippen LogP contribution >= 0.6 is 23.1 Å². The van der Waals surface area contributed by atoms with E-state index in [1.165, 1.54) is 11.3 Å². The molecule has 0 aliphatic heterocycles. The first kappa shape index (κ1) is 16.9. The summed E-state index contributed by atoms with van der Waals surface area (Å²) in [6, 6.07) is 9.45. The van der Waals surface area contributed by atoms with E-state index < -0.39 is 0 Å². The number of carbonyl (C=O) groups is 1. The molecule has 1 atom stereocenters. The molecule has 0 spiro atoms. The number of anilines is 1. The Bertz CT molecular complexity index is 814. The third kappa shape index (κ3) is 3.91. The molecule has 3 rings (SSSR count). The van der Waals surface area contributed by atoms with E-state index in [0.717, 1.165) is 28.1 Å². The number of fused-ring (bicyclic) bond motifs is 1. The zero-order valence-corrected chi connectivity index (χ0v) is 15.1. The SMILES string of the molecule is CCC(SCc1ccco1)C(=O)Nc1nc2ccc(OC)cc2s1. The molecule has 2 heterocycles. The maximum atomic E-state index is 12.5. The van der Waals surface area contributed by atoms with Crippen molar-refractivity contribution in [1.82, 2.24) is 4.98 Å². The summed E-state index contributed by atoms with van der Waals surface area (Å²) in [6.45, 7) is 2.00. The van der Waals surface area contributed by atoms with Crippen LogP contribution in [0, 0.1) is 0 Å². The van der Waals surface area contributed by atoms with Gasteiger partial charge in [0.25, 0.3) is 0 Å². The van der Waals surface area contributed by atoms with Crippen molar-refractivity contribution >= 4 is 44.4 Å². The molecule has 0 radical (unpaired) electrons. The number of methoxy groups -OCH3 is 1. The summed E-state index contributed by atoms with van der Waals surface area (Å²) in [5, 5.41) is 3.40. The number of aromatic nitrogens is 1. The van der Waals surface area contributed by atoms with Crippen LogP contribution in [-0.2, 0) is 10.5 Å². The Kier molecular flexibility index (Phi) is 5.42. The number of amides is 1. The molecule has 5 nitrogen and oxygen atoms in total. The number of hydrogen-bond acceptors (Lipinski definition) is 6. The first-order chi connectivity index (χ1) is 11.7. The van der Waals surface area contributed by atoms with Gasteiger partial charge in [-0.15, -0.1) is 11.8 Å². The van der Waals surface area contributed by atoms with Crippen molar-refractivity contribution in [3.05, 3.63) is 42.4 Å². The highest BCUT2D eigenvalue weighted by atomic mass is 32.2. The van der Waals surface area contributed by atoms with Gasteiger partial charge in [-0.05, 0) is 36.8 Å². The predicted molar refractivity (Wildman–Crippen MR) is 98.9 cm³/mol. The van der Waals surface area contributed by atoms with Gasteiger partial charge in [-0.25, -0.2) is 4.98 Å². The molecular formula is C17H18N2O3S2. The average molecular weight is 362 g/mol. The maximum Gasteiger partial charge on any atom is 0.239 e. The van der Waals surface area contributed by atoms with E-state index in [9.17, 15) is 4.79 Å². The second kappa shape index (κ2) is 7.72. The number of furan rings is 1. The number of ether oxygens (including phenoxy) is 1. The highest BCUT2D eigenvalue weighted by molar-refractivity contribution is 7.99. The van der Waals surface area contributed by atoms with Crippen LogP contribution in [0.5, 0.6) is 5.75 Å². The summed E-state index contributed by atoms with van der Waals surface area (Å²) in [4.78, 5) is 16.9. The lowest BCUT2D eigenvalue weighted by atomic mass is 10.3. The first-order valence-electron chi connectivity index (χ1n) is 7.59. The summed E-state index contributed by atoms with van der Waals surface area (Å²) < 4.78 is 11.5. The van der Waals surface area contributed by atoms with E-state index >= 15 is 0 Å². The number of hydrogen-bond donors (Lipinski definition) is 1. The largest absolute Gasteiger partial charge is 0.497 e. The average Bonchev–Trinajstić information content (AvgIpc) is 3.23. The number of rotatable bonds is 7. The highest BCUT2D eigenvalue weighted by Gasteiger charge is 2.19. The molecule has 126 valence electrons. The number of benzene rings is 1. The summed E-state index contributed by atoms with van der Waals surface area (Å²) >= 11 is 3.02. The quantitative estimate of drug-likeness (QED) is 0.668. The summed E-state index contributed by atoms with van der Waals surface area (Å²) in [6.07, 6.45) is 2.39. The highest BCUT2D eigenvalue weighted by Crippen LogP contribution is 2.30. The summed E-state index contributed by atoms with van der Waals surface area (Å²) in [5.41, 5.74) is 0.854. The van der Waals surface area contributed by atoms with Crippen LogP contribution in [0.25, 0.3) is 10.2 Å². The molecule has 1 N–H and O–H groups in total. The molecule has 0 aliphatic rings. The molecule has 1 unspecified atom stereocenters. The molecule has 3 aromatic rings. The minimum atomic E-state index is -0.142. The molecule has 2 aromatic heterocycles. The summed E-state index contributed by atoms with van der Waals surface area (Å²) in [5.74, 6) is 2.30. The van der Waals surface area contributed by atoms with E-state index in [1.807, 2.05) is 37.3 Å². The molecule has 1 amide bonds. The standard InChI is InChI=1S/C17H18N2O3S2/c1-3-14(23-10-12-5-4-8-22-12)16(20)19-17-18-13-7-6-11(21-2)9-15(13)24-17/h4-9,14H,3,10H2,1-2H3,(H,18,19,20). The van der Waals surface area contributed by atoms with E-state index in [4.69, 9.17) is 9.15 Å². The fraction of sp³-hybridized carbons (Fsp3) is 0.294. The monoisotopic (exact) mass is 362 g/mol. The van der Waals surface area contributed by atoms with Crippen LogP contribution < -0.4 is 10.1 Å². The molecule has 24 heavy (non-hydrogen) atoms. The van der Waals surface area contributed by atoms with Gasteiger partial charge in [0.2, 0.25) is 5.91 Å². The molecule has 0 saturated heterocycles. The molecule has 0 bridgehead atoms. The van der Waals surface area contributed by atoms with Crippen LogP contribution in [0.2, 0.25) is 0 Å². The molecule has 7 heteroatoms. The number of thiazole rings is 1. The van der Waals surface area contributed by atoms with Crippen LogP contribution in [0.1, 0.15) is 19.1 Å². The summed E-state index contributed by atoms with van der Waals surface area (Å²) in [7, 11) is 1.63. The fourth-order valence-electron chi connectivity index (χ4n) is 2.23. The van der Waals surface area contributed by atoms with Gasteiger partial charge in [0.1, 0.15) is 11.5 Å². The van der Waals surface area contributed by atoms with Crippen molar-refractivity contribution in [3.63, 3.8) is 0 Å². The van der Waals surface area contributed by atoms with Crippen molar-refractivity contribution in [3.8, 4) is 5.75 Å². The minimum Gasteiger partial charge on any atom is -0.497 e. The van der Waals surface area contributed by atoms with Crippen LogP contribution in [-0.4, -0.2) is 23.3 Å².